The summed E-state index contributed by atoms with van der Waals surface area (Å²) in [6.07, 6.45) is 1.26. The maximum absolute atomic E-state index is 14.9. The Labute approximate surface area is 691 Å². The van der Waals surface area contributed by atoms with Gasteiger partial charge in [0.1, 0.15) is 25.5 Å². The molecule has 115 heavy (non-hydrogen) atoms. The van der Waals surface area contributed by atoms with Gasteiger partial charge in [0, 0.05) is 119 Å². The van der Waals surface area contributed by atoms with Crippen molar-refractivity contribution in [3.8, 4) is 52.1 Å². The fraction of sp³-hybridized carbons (Fsp3) is 0.488. The Morgan fingerprint density at radius 2 is 1.00 bits per heavy atom. The Kier molecular flexibility index (Phi) is 22.2. The molecule has 16 atom stereocenters. The molecular formula is C84H100AgN10O18S2. The van der Waals surface area contributed by atoms with Gasteiger partial charge in [0.15, 0.2) is 57.1 Å². The van der Waals surface area contributed by atoms with E-state index in [0.717, 1.165) is 122 Å². The number of likely N-dealkylation sites (N-methyl/N-ethyl adjacent to an activating group) is 2. The first-order valence-electron chi connectivity index (χ1n) is 37.5. The number of para-hydroxylation sites is 2. The number of hydrogen-bond donors (Lipinski definition) is 10. The largest absolute Gasteiger partial charge is 0.504 e. The van der Waals surface area contributed by atoms with Crippen molar-refractivity contribution in [1.29, 1.82) is 5.26 Å². The van der Waals surface area contributed by atoms with Crippen molar-refractivity contribution in [3.05, 3.63) is 171 Å². The molecule has 0 amide bonds. The standard InChI is InChI=1S/C41H43N5O7S.C40H44N4O8S.3CH4.Ag.HNO3/c1-18-10-21-11-26-27(13-42)46-28-15-51-40(49)41(39-24(12-22(14-47)44-41)23-8-6-7-9-25(23)43-39)16-54-38(29-19(2)20(3)36-37(31(28)29)53-17-52-36)33(46)32(45(26)4)30(21)34(48)35(18)50-5;1-17-10-20-11-25-38(47)44-26-14-50-39(48)40(37-23(12-21(13-45)42-40)22-8-6-7-9-24(22)41-37)15-53-36(27-18(2)19(3)34-35(29(26)27)52-16-51-34)31(44)30(43(25)4)28(20)32(46)33(17)49-5;;;;;2-1(3)4/h6-10,22,26-28,32-33,38,43-44,47-48H,11-12,14-17H2,1-5H3;6-10,21,25-26,30-31,36,38,41-42,45-47H,11-16H2,1-5H3;3*1H4;;(H,2,3,4)/t22-,26+,27+,28+,32-,33-,38-,41-;21-,25+,26+,30-,31-,36-,38+,40-;;;;;/m11...../s1. The van der Waals surface area contributed by atoms with E-state index in [1.807, 2.05) is 57.3 Å². The quantitative estimate of drug-likeness (QED) is 0.0339. The Bertz CT molecular complexity index is 5310. The van der Waals surface area contributed by atoms with Crippen molar-refractivity contribution in [3.63, 3.8) is 0 Å². The number of aromatic hydroxyl groups is 2. The second-order valence-corrected chi connectivity index (χ2v) is 33.7. The number of esters is 2. The van der Waals surface area contributed by atoms with E-state index < -0.39 is 52.5 Å². The normalized spacial score (nSPS) is 29.3. The number of fused-ring (bicyclic) bond motifs is 22. The SMILES string of the molecule is C.C.C.COc1c(C)cc2c(c1O)[C@@H]1[C@@H]3[C@@H]4SC[C@]5(N[C@@H](CO)Cc6c5[nH]c5ccccc65)C(=O)OC[C@@H](c5c6c(c(C)c(C)c54)OCO6)N3[C@@H](C#N)[C@H](C2)N1C.COc1c(C)cc2c(c1O)[C@@H]1[C@@H]3[C@@H]4SC[C@]5(N[C@@H](CO)Cc6c5[nH]c5ccccc65)C(=O)OC[C@@H](c5c6c(c(C)c(C)c54)OCO6)N3[C@@H](O)[C@H](C2)N1C.O=[N+]([O-])O.[Ag]. The molecular weight excluding hydrogens is 1610 g/mol. The van der Waals surface area contributed by atoms with Gasteiger partial charge in [0.2, 0.25) is 13.6 Å². The van der Waals surface area contributed by atoms with Crippen molar-refractivity contribution in [2.24, 2.45) is 0 Å². The average Bonchev–Trinajstić information content (AvgIpc) is 1.64. The van der Waals surface area contributed by atoms with Gasteiger partial charge < -0.3 is 78.6 Å². The number of nitrogens with one attached hydrogen (secondary N) is 4. The van der Waals surface area contributed by atoms with Gasteiger partial charge in [-0.15, -0.1) is 33.6 Å². The molecule has 2 aromatic heterocycles. The molecule has 4 fully saturated rings. The fourth-order valence-electron chi connectivity index (χ4n) is 21.5. The van der Waals surface area contributed by atoms with Gasteiger partial charge in [-0.1, -0.05) is 70.8 Å². The summed E-state index contributed by atoms with van der Waals surface area (Å²) < 4.78 is 49.3. The molecule has 8 bridgehead atoms. The minimum absolute atomic E-state index is 0. The molecule has 2 spiro atoms. The van der Waals surface area contributed by atoms with Crippen molar-refractivity contribution in [1.82, 2.24) is 40.2 Å². The summed E-state index contributed by atoms with van der Waals surface area (Å²) in [7, 11) is 7.26. The Morgan fingerprint density at radius 3 is 1.43 bits per heavy atom. The van der Waals surface area contributed by atoms with E-state index in [1.54, 1.807) is 37.7 Å². The van der Waals surface area contributed by atoms with E-state index in [0.29, 0.717) is 60.2 Å². The zero-order valence-electron chi connectivity index (χ0n) is 63.2. The van der Waals surface area contributed by atoms with Gasteiger partial charge in [0.05, 0.1) is 75.1 Å². The van der Waals surface area contributed by atoms with Crippen molar-refractivity contribution in [2.45, 2.75) is 184 Å². The van der Waals surface area contributed by atoms with Gasteiger partial charge in [-0.25, -0.2) is 9.59 Å². The molecule has 0 aliphatic carbocycles. The third-order valence-electron chi connectivity index (χ3n) is 26.3. The number of aryl methyl sites for hydroxylation is 2. The summed E-state index contributed by atoms with van der Waals surface area (Å²) in [6.45, 7) is 12.0. The van der Waals surface area contributed by atoms with E-state index in [4.69, 9.17) is 53.2 Å². The number of aliphatic hydroxyl groups is 3. The Hall–Kier alpha value is -8.49. The van der Waals surface area contributed by atoms with Crippen LogP contribution in [0.3, 0.4) is 0 Å². The number of aliphatic hydroxyl groups excluding tert-OH is 3. The molecule has 4 saturated heterocycles. The van der Waals surface area contributed by atoms with E-state index in [1.165, 1.54) is 0 Å². The first-order valence-corrected chi connectivity index (χ1v) is 39.6. The van der Waals surface area contributed by atoms with Crippen LogP contribution in [0.2, 0.25) is 0 Å². The van der Waals surface area contributed by atoms with E-state index in [9.17, 15) is 40.4 Å². The summed E-state index contributed by atoms with van der Waals surface area (Å²) in [5.41, 5.74) is 16.1. The molecule has 8 aromatic rings. The molecule has 6 aromatic carbocycles. The smallest absolute Gasteiger partial charge is 0.333 e. The van der Waals surface area contributed by atoms with E-state index in [-0.39, 0.29) is 167 Å². The molecule has 0 saturated carbocycles. The molecule has 16 heterocycles. The zero-order valence-corrected chi connectivity index (χ0v) is 66.3. The summed E-state index contributed by atoms with van der Waals surface area (Å²) in [4.78, 5) is 54.2. The van der Waals surface area contributed by atoms with Crippen LogP contribution in [0.4, 0.5) is 0 Å². The third-order valence-corrected chi connectivity index (χ3v) is 29.3. The number of methoxy groups -OCH3 is 2. The summed E-state index contributed by atoms with van der Waals surface area (Å²) in [5, 5.41) is 91.2. The fourth-order valence-corrected chi connectivity index (χ4v) is 24.9. The molecule has 0 unspecified atom stereocenters. The van der Waals surface area contributed by atoms with Crippen molar-refractivity contribution < 1.29 is 106 Å². The average molecular weight is 1710 g/mol. The number of phenolic OH excluding ortho intramolecular Hbond substituents is 2. The third kappa shape index (κ3) is 12.0. The number of phenols is 2. The van der Waals surface area contributed by atoms with Crippen LogP contribution in [0.1, 0.15) is 157 Å². The van der Waals surface area contributed by atoms with Gasteiger partial charge in [0.25, 0.3) is 5.09 Å². The molecule has 617 valence electrons. The van der Waals surface area contributed by atoms with Crippen LogP contribution in [0.25, 0.3) is 21.8 Å². The molecule has 28 nitrogen and oxygen atoms in total. The molecule has 10 N–H and O–H groups in total. The van der Waals surface area contributed by atoms with Crippen molar-refractivity contribution in [2.75, 3.05) is 79.8 Å². The van der Waals surface area contributed by atoms with Gasteiger partial charge in [-0.2, -0.15) is 5.26 Å². The first-order chi connectivity index (χ1) is 53.4. The maximum Gasteiger partial charge on any atom is 0.333 e. The van der Waals surface area contributed by atoms with Gasteiger partial charge >= 0.3 is 11.9 Å². The van der Waals surface area contributed by atoms with Crippen LogP contribution in [0.15, 0.2) is 60.7 Å². The number of nitrogens with zero attached hydrogens (tertiary/aromatic N) is 6. The second-order valence-electron chi connectivity index (χ2n) is 31.5. The number of nitriles is 1. The number of ether oxygens (including phenoxy) is 8. The molecule has 1 radical (unpaired) electrons. The number of piperazine rings is 2. The summed E-state index contributed by atoms with van der Waals surface area (Å²) in [5.74, 6) is 3.44. The van der Waals surface area contributed by atoms with Crippen LogP contribution in [-0.4, -0.2) is 206 Å². The number of H-pyrrole nitrogens is 2. The van der Waals surface area contributed by atoms with Crippen molar-refractivity contribution >= 4 is 57.3 Å². The minimum atomic E-state index is -1.50. The van der Waals surface area contributed by atoms with Crippen LogP contribution < -0.4 is 39.1 Å². The summed E-state index contributed by atoms with van der Waals surface area (Å²) >= 11 is 3.29. The molecule has 14 aliphatic heterocycles. The van der Waals surface area contributed by atoms with E-state index >= 15 is 0 Å². The van der Waals surface area contributed by atoms with Crippen LogP contribution >= 0.6 is 23.5 Å². The molecule has 22 rings (SSSR count). The predicted molar refractivity (Wildman–Crippen MR) is 428 cm³/mol. The van der Waals surface area contributed by atoms with Crippen LogP contribution in [-0.2, 0) is 78.2 Å². The summed E-state index contributed by atoms with van der Waals surface area (Å²) in [6, 6.07) is 18.6. The van der Waals surface area contributed by atoms with E-state index in [2.05, 4.69) is 105 Å². The maximum atomic E-state index is 14.9. The van der Waals surface area contributed by atoms with Crippen LogP contribution in [0, 0.1) is 63.0 Å². The number of rotatable bonds is 4. The number of aromatic amines is 2. The Balaban J connectivity index is 0.000000176. The number of benzene rings is 6. The molecule has 14 aliphatic rings. The number of carbonyl (C=O) groups is 2. The number of hydrogen-bond acceptors (Lipinski definition) is 26. The predicted octanol–water partition coefficient (Wildman–Crippen LogP) is 9.98. The zero-order chi connectivity index (χ0) is 77.6. The number of thioether (sulfide) groups is 2. The monoisotopic (exact) mass is 1710 g/mol. The van der Waals surface area contributed by atoms with Gasteiger partial charge in [-0.05, 0) is 160 Å². The topological polar surface area (TPSA) is 365 Å². The number of carbonyl (C=O) groups excluding carboxylic acids is 2. The second kappa shape index (κ2) is 30.8. The van der Waals surface area contributed by atoms with Gasteiger partial charge in [-0.3, -0.25) is 30.2 Å². The number of aromatic nitrogens is 2. The minimum Gasteiger partial charge on any atom is -0.504 e. The first kappa shape index (κ1) is 83.0. The van der Waals surface area contributed by atoms with Crippen LogP contribution in [0.5, 0.6) is 46.0 Å². The molecule has 31 heteroatoms. The Morgan fingerprint density at radius 1 is 0.600 bits per heavy atom.